The number of nitriles is 1. The second kappa shape index (κ2) is 9.47. The summed E-state index contributed by atoms with van der Waals surface area (Å²) in [6.07, 6.45) is 5.53. The molecule has 2 aromatic heterocycles. The fourth-order valence-corrected chi connectivity index (χ4v) is 5.75. The summed E-state index contributed by atoms with van der Waals surface area (Å²) in [6.45, 7) is 6.99. The second-order valence-corrected chi connectivity index (χ2v) is 10.7. The smallest absolute Gasteiger partial charge is 0.493 e. The van der Waals surface area contributed by atoms with Gasteiger partial charge in [0.1, 0.15) is 11.8 Å². The molecular formula is C26H27BFN5O2S. The Morgan fingerprint density at radius 3 is 2.97 bits per heavy atom. The Kier molecular flexibility index (Phi) is 6.35. The van der Waals surface area contributed by atoms with Crippen LogP contribution >= 0.6 is 11.3 Å². The molecule has 4 heterocycles. The second-order valence-electron chi connectivity index (χ2n) is 9.62. The average Bonchev–Trinajstić information content (AvgIpc) is 3.51. The molecule has 5 rings (SSSR count). The van der Waals surface area contributed by atoms with Gasteiger partial charge in [0.05, 0.1) is 16.8 Å². The van der Waals surface area contributed by atoms with Crippen LogP contribution in [0.25, 0.3) is 16.3 Å². The summed E-state index contributed by atoms with van der Waals surface area (Å²) in [5, 5.41) is 12.3. The summed E-state index contributed by atoms with van der Waals surface area (Å²) < 4.78 is 24.0. The molecule has 0 unspecified atom stereocenters. The Bertz CT molecular complexity index is 1430. The number of hydrogen-bond donors (Lipinski definition) is 1. The van der Waals surface area contributed by atoms with Crippen molar-refractivity contribution in [1.29, 1.82) is 5.26 Å². The maximum Gasteiger partial charge on any atom is 0.592 e. The van der Waals surface area contributed by atoms with Gasteiger partial charge < -0.3 is 19.3 Å². The molecule has 2 aliphatic rings. The van der Waals surface area contributed by atoms with E-state index in [4.69, 9.17) is 10.00 Å². The molecule has 7 nitrogen and oxygen atoms in total. The Morgan fingerprint density at radius 1 is 1.33 bits per heavy atom. The zero-order valence-electron chi connectivity index (χ0n) is 20.5. The molecule has 0 bridgehead atoms. The van der Waals surface area contributed by atoms with Crippen LogP contribution in [0.4, 0.5) is 4.32 Å². The zero-order valence-corrected chi connectivity index (χ0v) is 21.4. The number of allylic oxidation sites excluding steroid dienone is 1. The lowest BCUT2D eigenvalue weighted by molar-refractivity contribution is -0.121. The van der Waals surface area contributed by atoms with Crippen molar-refractivity contribution in [3.05, 3.63) is 64.1 Å². The number of hydrogen-bond acceptors (Lipinski definition) is 6. The first-order chi connectivity index (χ1) is 17.3. The third-order valence-electron chi connectivity index (χ3n) is 6.57. The van der Waals surface area contributed by atoms with Crippen molar-refractivity contribution in [3.63, 3.8) is 0 Å². The molecule has 1 aromatic carbocycles. The van der Waals surface area contributed by atoms with Crippen LogP contribution in [0.15, 0.2) is 47.7 Å². The van der Waals surface area contributed by atoms with Gasteiger partial charge in [-0.3, -0.25) is 9.11 Å². The summed E-state index contributed by atoms with van der Waals surface area (Å²) in [7, 11) is -1.30. The Morgan fingerprint density at radius 2 is 2.17 bits per heavy atom. The number of nitrogens with one attached hydrogen (secondary N) is 1. The first kappa shape index (κ1) is 24.1. The van der Waals surface area contributed by atoms with Crippen LogP contribution in [-0.4, -0.2) is 46.1 Å². The van der Waals surface area contributed by atoms with E-state index in [0.717, 1.165) is 32.9 Å². The number of halogens is 1. The highest BCUT2D eigenvalue weighted by atomic mass is 32.1. The summed E-state index contributed by atoms with van der Waals surface area (Å²) in [5.41, 5.74) is 4.02. The van der Waals surface area contributed by atoms with Crippen LogP contribution in [0.1, 0.15) is 50.0 Å². The van der Waals surface area contributed by atoms with Crippen LogP contribution in [0, 0.1) is 11.3 Å². The van der Waals surface area contributed by atoms with Crippen molar-refractivity contribution in [1.82, 2.24) is 19.6 Å². The lowest BCUT2D eigenvalue weighted by Gasteiger charge is -2.38. The number of nitrogens with zero attached hydrogens (tertiary/aromatic N) is 4. The van der Waals surface area contributed by atoms with Gasteiger partial charge in [-0.25, -0.2) is 4.98 Å². The van der Waals surface area contributed by atoms with Gasteiger partial charge in [-0.1, -0.05) is 6.08 Å². The highest BCUT2D eigenvalue weighted by molar-refractivity contribution is 7.19. The number of thiazole rings is 1. The fourth-order valence-electron chi connectivity index (χ4n) is 4.95. The summed E-state index contributed by atoms with van der Waals surface area (Å²) in [4.78, 5) is 18.4. The number of fused-ring (bicyclic) bond motifs is 3. The number of carbonyl (C=O) groups is 1. The minimum atomic E-state index is -1.30. The number of rotatable bonds is 8. The molecule has 0 radical (unpaired) electrons. The molecule has 1 N–H and O–H groups in total. The fraction of sp³-hybridized carbons (Fsp3) is 0.346. The van der Waals surface area contributed by atoms with E-state index in [1.807, 2.05) is 57.2 Å². The van der Waals surface area contributed by atoms with Crippen LogP contribution in [0.5, 0.6) is 5.75 Å². The third-order valence-corrected chi connectivity index (χ3v) is 7.50. The molecule has 0 aliphatic carbocycles. The SMILES string of the molecule is CC1=CC(C)(C)N2B(F)n3c(ccc3CCC(=O)NCCCOc3ccc4nc(C#N)sc4c3)C=C12. The van der Waals surface area contributed by atoms with Gasteiger partial charge in [0.15, 0.2) is 5.01 Å². The zero-order chi connectivity index (χ0) is 25.4. The maximum absolute atomic E-state index is 15.6. The van der Waals surface area contributed by atoms with Crippen molar-refractivity contribution in [2.45, 2.75) is 45.6 Å². The normalized spacial score (nSPS) is 15.8. The molecule has 2 aliphatic heterocycles. The van der Waals surface area contributed by atoms with Gasteiger partial charge in [0.2, 0.25) is 5.91 Å². The topological polar surface area (TPSA) is 83.2 Å². The molecule has 0 fully saturated rings. The van der Waals surface area contributed by atoms with Gasteiger partial charge in [-0.15, -0.1) is 11.3 Å². The van der Waals surface area contributed by atoms with Crippen molar-refractivity contribution < 1.29 is 13.8 Å². The predicted molar refractivity (Wildman–Crippen MR) is 140 cm³/mol. The summed E-state index contributed by atoms with van der Waals surface area (Å²) in [6, 6.07) is 11.4. The van der Waals surface area contributed by atoms with E-state index in [9.17, 15) is 4.79 Å². The highest BCUT2D eigenvalue weighted by Gasteiger charge is 2.46. The van der Waals surface area contributed by atoms with Crippen LogP contribution in [-0.2, 0) is 11.2 Å². The number of carbonyl (C=O) groups excluding carboxylic acids is 1. The van der Waals surface area contributed by atoms with Gasteiger partial charge in [0.25, 0.3) is 0 Å². The maximum atomic E-state index is 15.6. The monoisotopic (exact) mass is 503 g/mol. The van der Waals surface area contributed by atoms with Gasteiger partial charge in [-0.05, 0) is 75.6 Å². The van der Waals surface area contributed by atoms with E-state index in [-0.39, 0.29) is 12.3 Å². The lowest BCUT2D eigenvalue weighted by atomic mass is 9.88. The number of aromatic nitrogens is 2. The molecule has 1 amide bonds. The highest BCUT2D eigenvalue weighted by Crippen LogP contribution is 2.40. The third kappa shape index (κ3) is 4.51. The minimum absolute atomic E-state index is 0.0675. The van der Waals surface area contributed by atoms with Gasteiger partial charge in [-0.2, -0.15) is 5.26 Å². The van der Waals surface area contributed by atoms with Crippen molar-refractivity contribution in [2.24, 2.45) is 0 Å². The molecule has 0 saturated heterocycles. The first-order valence-electron chi connectivity index (χ1n) is 12.0. The van der Waals surface area contributed by atoms with E-state index in [2.05, 4.69) is 22.4 Å². The van der Waals surface area contributed by atoms with E-state index < -0.39 is 12.8 Å². The van der Waals surface area contributed by atoms with Gasteiger partial charge in [0, 0.05) is 35.6 Å². The predicted octanol–water partition coefficient (Wildman–Crippen LogP) is 4.68. The molecule has 184 valence electrons. The van der Waals surface area contributed by atoms with Crippen molar-refractivity contribution >= 4 is 40.8 Å². The van der Waals surface area contributed by atoms with Crippen LogP contribution in [0.2, 0.25) is 0 Å². The lowest BCUT2D eigenvalue weighted by Crippen LogP contribution is -2.52. The largest absolute Gasteiger partial charge is 0.592 e. The van der Waals surface area contributed by atoms with E-state index >= 15 is 4.32 Å². The average molecular weight is 503 g/mol. The Balaban J connectivity index is 1.09. The number of ether oxygens (including phenoxy) is 1. The summed E-state index contributed by atoms with van der Waals surface area (Å²) >= 11 is 1.33. The number of amides is 1. The van der Waals surface area contributed by atoms with Crippen molar-refractivity contribution in [3.8, 4) is 11.8 Å². The minimum Gasteiger partial charge on any atom is -0.493 e. The molecular weight excluding hydrogens is 476 g/mol. The van der Waals surface area contributed by atoms with E-state index in [1.165, 1.54) is 11.3 Å². The quantitative estimate of drug-likeness (QED) is 0.357. The van der Waals surface area contributed by atoms with E-state index in [0.29, 0.717) is 36.8 Å². The first-order valence-corrected chi connectivity index (χ1v) is 12.8. The van der Waals surface area contributed by atoms with Crippen molar-refractivity contribution in [2.75, 3.05) is 13.2 Å². The number of benzene rings is 1. The Labute approximate surface area is 214 Å². The molecule has 0 saturated carbocycles. The number of aryl methyl sites for hydroxylation is 1. The summed E-state index contributed by atoms with van der Waals surface area (Å²) in [5.74, 6) is 0.645. The van der Waals surface area contributed by atoms with Gasteiger partial charge >= 0.3 is 7.26 Å². The standard InChI is InChI=1S/C26H27BFN5O2S/c1-17-15-26(2,3)33-22(17)13-19-6-5-18(32(19)27(33)28)7-10-24(34)30-11-4-12-35-20-8-9-21-23(14-20)36-25(16-29)31-21/h5-6,8-9,13-15H,4,7,10-12H2,1-3H3,(H,30,34). The van der Waals surface area contributed by atoms with Crippen LogP contribution in [0.3, 0.4) is 0 Å². The molecule has 10 heteroatoms. The Hall–Kier alpha value is -3.58. The molecule has 0 spiro atoms. The van der Waals surface area contributed by atoms with Crippen LogP contribution < -0.4 is 10.1 Å². The van der Waals surface area contributed by atoms with E-state index in [1.54, 1.807) is 9.29 Å². The molecule has 0 atom stereocenters. The molecule has 3 aromatic rings. The molecule has 36 heavy (non-hydrogen) atoms.